The number of carbonyl (C=O) groups excluding carboxylic acids is 3. The molecule has 0 aromatic heterocycles. The number of phenols is 1. The average molecular weight is 525 g/mol. The van der Waals surface area contributed by atoms with Crippen LogP contribution in [0.2, 0.25) is 0 Å². The van der Waals surface area contributed by atoms with Crippen LogP contribution in [0.15, 0.2) is 66.7 Å². The van der Waals surface area contributed by atoms with Crippen LogP contribution < -0.4 is 9.47 Å². The van der Waals surface area contributed by atoms with Crippen molar-refractivity contribution in [2.75, 3.05) is 0 Å². The minimum Gasteiger partial charge on any atom is -0.507 e. The molecule has 0 aliphatic rings. The molecule has 0 atom stereocenters. The Kier molecular flexibility index (Phi) is 7.89. The first-order valence-electron chi connectivity index (χ1n) is 10.7. The molecule has 0 fully saturated rings. The van der Waals surface area contributed by atoms with Gasteiger partial charge in [-0.2, -0.15) is 0 Å². The second-order valence-electron chi connectivity index (χ2n) is 8.36. The van der Waals surface area contributed by atoms with Crippen LogP contribution in [0, 0.1) is 0 Å². The molecule has 0 spiro atoms. The lowest BCUT2D eigenvalue weighted by molar-refractivity contribution is 0.0730. The van der Waals surface area contributed by atoms with Crippen LogP contribution in [0.4, 0.5) is 0 Å². The van der Waals surface area contributed by atoms with Crippen LogP contribution in [0.1, 0.15) is 63.8 Å². The fraction of sp³-hybridized carbons (Fsp3) is 0.222. The van der Waals surface area contributed by atoms with Gasteiger partial charge in [-0.3, -0.25) is 4.79 Å². The molecule has 7 heteroatoms. The maximum atomic E-state index is 12.8. The van der Waals surface area contributed by atoms with Gasteiger partial charge in [-0.25, -0.2) is 9.59 Å². The highest BCUT2D eigenvalue weighted by Gasteiger charge is 2.27. The van der Waals surface area contributed by atoms with Gasteiger partial charge in [0.25, 0.3) is 0 Å². The maximum Gasteiger partial charge on any atom is 0.343 e. The zero-order valence-corrected chi connectivity index (χ0v) is 20.7. The van der Waals surface area contributed by atoms with E-state index in [9.17, 15) is 19.5 Å². The Labute approximate surface area is 206 Å². The number of carbonyl (C=O) groups is 3. The number of ketones is 1. The molecule has 0 saturated heterocycles. The quantitative estimate of drug-likeness (QED) is 0.165. The molecule has 0 unspecified atom stereocenters. The lowest BCUT2D eigenvalue weighted by Gasteiger charge is -2.20. The van der Waals surface area contributed by atoms with Gasteiger partial charge in [-0.05, 0) is 44.0 Å². The summed E-state index contributed by atoms with van der Waals surface area (Å²) in [6.07, 6.45) is 0.867. The van der Waals surface area contributed by atoms with E-state index in [-0.39, 0.29) is 38.3 Å². The van der Waals surface area contributed by atoms with Crippen LogP contribution >= 0.6 is 15.9 Å². The molecule has 3 aromatic carbocycles. The predicted octanol–water partition coefficient (Wildman–Crippen LogP) is 6.14. The number of rotatable bonds is 8. The Morgan fingerprint density at radius 1 is 0.853 bits per heavy atom. The van der Waals surface area contributed by atoms with E-state index in [1.54, 1.807) is 60.7 Å². The summed E-state index contributed by atoms with van der Waals surface area (Å²) in [4.78, 5) is 37.9. The van der Waals surface area contributed by atoms with Gasteiger partial charge in [0, 0.05) is 16.0 Å². The monoisotopic (exact) mass is 524 g/mol. The SMILES string of the molecule is CC(=O)c1c(OC(=O)c2ccccc2)cc(OC(=O)c2ccccc2)c(CCC(C)(C)Br)c1O. The number of ether oxygens (including phenoxy) is 2. The fourth-order valence-corrected chi connectivity index (χ4v) is 3.50. The summed E-state index contributed by atoms with van der Waals surface area (Å²) in [7, 11) is 0. The summed E-state index contributed by atoms with van der Waals surface area (Å²) in [5, 5.41) is 11.1. The van der Waals surface area contributed by atoms with Crippen LogP contribution in [0.5, 0.6) is 17.2 Å². The van der Waals surface area contributed by atoms with Crippen molar-refractivity contribution in [1.29, 1.82) is 0 Å². The van der Waals surface area contributed by atoms with E-state index in [4.69, 9.17) is 9.47 Å². The molecule has 176 valence electrons. The topological polar surface area (TPSA) is 89.9 Å². The number of esters is 2. The number of aromatic hydroxyl groups is 1. The molecule has 3 aromatic rings. The Morgan fingerprint density at radius 2 is 1.32 bits per heavy atom. The molecule has 0 bridgehead atoms. The van der Waals surface area contributed by atoms with Crippen LogP contribution in [0.3, 0.4) is 0 Å². The lowest BCUT2D eigenvalue weighted by atomic mass is 9.96. The molecule has 0 saturated carbocycles. The van der Waals surface area contributed by atoms with E-state index >= 15 is 0 Å². The van der Waals surface area contributed by atoms with Gasteiger partial charge in [0.1, 0.15) is 22.8 Å². The highest BCUT2D eigenvalue weighted by molar-refractivity contribution is 9.10. The predicted molar refractivity (Wildman–Crippen MR) is 132 cm³/mol. The van der Waals surface area contributed by atoms with Crippen LogP contribution in [-0.2, 0) is 6.42 Å². The molecule has 34 heavy (non-hydrogen) atoms. The summed E-state index contributed by atoms with van der Waals surface area (Å²) >= 11 is 3.57. The van der Waals surface area contributed by atoms with Gasteiger partial charge in [0.2, 0.25) is 0 Å². The van der Waals surface area contributed by atoms with Gasteiger partial charge >= 0.3 is 11.9 Å². The van der Waals surface area contributed by atoms with Gasteiger partial charge in [-0.15, -0.1) is 0 Å². The molecule has 3 rings (SSSR count). The lowest BCUT2D eigenvalue weighted by Crippen LogP contribution is -2.16. The first-order chi connectivity index (χ1) is 16.1. The van der Waals surface area contributed by atoms with Crippen LogP contribution in [-0.4, -0.2) is 27.2 Å². The Hall–Kier alpha value is -3.45. The van der Waals surface area contributed by atoms with E-state index in [1.165, 1.54) is 13.0 Å². The van der Waals surface area contributed by atoms with Crippen molar-refractivity contribution >= 4 is 33.7 Å². The fourth-order valence-electron chi connectivity index (χ4n) is 3.30. The molecule has 0 heterocycles. The average Bonchev–Trinajstić information content (AvgIpc) is 2.78. The van der Waals surface area contributed by atoms with Crippen molar-refractivity contribution in [2.45, 2.75) is 37.9 Å². The number of alkyl halides is 1. The smallest absolute Gasteiger partial charge is 0.343 e. The third-order valence-electron chi connectivity index (χ3n) is 5.07. The van der Waals surface area contributed by atoms with Crippen molar-refractivity contribution in [3.8, 4) is 17.2 Å². The van der Waals surface area contributed by atoms with Crippen molar-refractivity contribution in [3.63, 3.8) is 0 Å². The first-order valence-corrected chi connectivity index (χ1v) is 11.5. The summed E-state index contributed by atoms with van der Waals surface area (Å²) in [6.45, 7) is 5.19. The summed E-state index contributed by atoms with van der Waals surface area (Å²) in [6, 6.07) is 17.9. The van der Waals surface area contributed by atoms with Gasteiger partial charge in [0.05, 0.1) is 11.1 Å². The number of halogens is 1. The zero-order chi connectivity index (χ0) is 24.9. The second-order valence-corrected chi connectivity index (χ2v) is 10.5. The van der Waals surface area contributed by atoms with E-state index in [0.29, 0.717) is 18.4 Å². The third-order valence-corrected chi connectivity index (χ3v) is 5.47. The molecule has 0 radical (unpaired) electrons. The normalized spacial score (nSPS) is 11.1. The van der Waals surface area contributed by atoms with E-state index in [2.05, 4.69) is 15.9 Å². The standard InChI is InChI=1S/C27H25BrO6/c1-17(29)23-22(34-26(32)19-12-8-5-9-13-19)16-21(20(24(23)30)14-15-27(2,3)28)33-25(31)18-10-6-4-7-11-18/h4-13,16,30H,14-15H2,1-3H3. The number of benzene rings is 3. The largest absolute Gasteiger partial charge is 0.507 e. The van der Waals surface area contributed by atoms with Crippen molar-refractivity contribution in [2.24, 2.45) is 0 Å². The molecular formula is C27H25BrO6. The maximum absolute atomic E-state index is 12.8. The van der Waals surface area contributed by atoms with Crippen molar-refractivity contribution in [3.05, 3.63) is 89.0 Å². The Balaban J connectivity index is 2.08. The summed E-state index contributed by atoms with van der Waals surface area (Å²) in [5.41, 5.74) is 0.712. The van der Waals surface area contributed by atoms with E-state index in [0.717, 1.165) is 0 Å². The molecular weight excluding hydrogens is 500 g/mol. The minimum absolute atomic E-state index is 0.0176. The Bertz CT molecular complexity index is 1200. The van der Waals surface area contributed by atoms with Gasteiger partial charge < -0.3 is 14.6 Å². The molecule has 0 amide bonds. The van der Waals surface area contributed by atoms with Crippen molar-refractivity contribution < 1.29 is 29.0 Å². The second kappa shape index (κ2) is 10.7. The zero-order valence-electron chi connectivity index (χ0n) is 19.1. The number of Topliss-reactive ketones (excluding diaryl/α,β-unsaturated/α-hetero) is 1. The van der Waals surface area contributed by atoms with Crippen LogP contribution in [0.25, 0.3) is 0 Å². The third kappa shape index (κ3) is 6.32. The first kappa shape index (κ1) is 25.2. The minimum atomic E-state index is -0.711. The number of phenolic OH excluding ortho intramolecular Hbond substituents is 1. The van der Waals surface area contributed by atoms with E-state index in [1.807, 2.05) is 13.8 Å². The number of hydrogen-bond acceptors (Lipinski definition) is 6. The van der Waals surface area contributed by atoms with Gasteiger partial charge in [-0.1, -0.05) is 66.2 Å². The highest BCUT2D eigenvalue weighted by Crippen LogP contribution is 2.41. The molecule has 0 aliphatic heterocycles. The molecule has 1 N–H and O–H groups in total. The van der Waals surface area contributed by atoms with Gasteiger partial charge in [0.15, 0.2) is 5.78 Å². The Morgan fingerprint density at radius 3 is 1.76 bits per heavy atom. The highest BCUT2D eigenvalue weighted by atomic mass is 79.9. The molecule has 0 aliphatic carbocycles. The number of hydrogen-bond donors (Lipinski definition) is 1. The van der Waals surface area contributed by atoms with E-state index < -0.39 is 17.7 Å². The summed E-state index contributed by atoms with van der Waals surface area (Å²) in [5.74, 6) is -2.39. The summed E-state index contributed by atoms with van der Waals surface area (Å²) < 4.78 is 10.8. The molecule has 6 nitrogen and oxygen atoms in total. The van der Waals surface area contributed by atoms with Crippen molar-refractivity contribution in [1.82, 2.24) is 0 Å².